The Morgan fingerprint density at radius 2 is 1.00 bits per heavy atom. The zero-order valence-corrected chi connectivity index (χ0v) is 23.9. The van der Waals surface area contributed by atoms with Crippen molar-refractivity contribution in [3.05, 3.63) is 71.8 Å². The second-order valence-corrected chi connectivity index (χ2v) is 11.7. The van der Waals surface area contributed by atoms with Crippen LogP contribution in [0.25, 0.3) is 0 Å². The molecule has 4 atom stereocenters. The van der Waals surface area contributed by atoms with Crippen LogP contribution in [0.15, 0.2) is 60.7 Å². The van der Waals surface area contributed by atoms with Crippen LogP contribution in [0.4, 0.5) is 9.59 Å². The lowest BCUT2D eigenvalue weighted by molar-refractivity contribution is 0.0399. The number of carbonyl (C=O) groups is 2. The summed E-state index contributed by atoms with van der Waals surface area (Å²) in [7, 11) is 0. The first-order valence-electron chi connectivity index (χ1n) is 13.4. The van der Waals surface area contributed by atoms with Crippen molar-refractivity contribution in [3.8, 4) is 0 Å². The lowest BCUT2D eigenvalue weighted by atomic mass is 10.00. The van der Waals surface area contributed by atoms with E-state index in [-0.39, 0.29) is 13.1 Å². The van der Waals surface area contributed by atoms with Crippen molar-refractivity contribution in [2.75, 3.05) is 13.1 Å². The van der Waals surface area contributed by atoms with Crippen LogP contribution < -0.4 is 16.0 Å². The molecule has 0 radical (unpaired) electrons. The highest BCUT2D eigenvalue weighted by molar-refractivity contribution is 5.68. The SMILES string of the molecule is CC(C)(C)OC(=O)N[C@@H](Cc1ccccc1)[C@@H](O)CNC[C@H](O)[C@H](Cc1ccccc1)NC(=O)OC(C)(C)C. The molecule has 0 saturated carbocycles. The second-order valence-electron chi connectivity index (χ2n) is 11.7. The average Bonchev–Trinajstić information content (AvgIpc) is 2.82. The number of carbonyl (C=O) groups excluding carboxylic acids is 2. The molecular weight excluding hydrogens is 498 g/mol. The summed E-state index contributed by atoms with van der Waals surface area (Å²) in [5, 5.41) is 30.6. The first kappa shape index (κ1) is 32.1. The maximum atomic E-state index is 12.5. The van der Waals surface area contributed by atoms with Gasteiger partial charge in [0.05, 0.1) is 24.3 Å². The number of rotatable bonds is 12. The van der Waals surface area contributed by atoms with E-state index in [2.05, 4.69) is 16.0 Å². The molecule has 9 nitrogen and oxygen atoms in total. The van der Waals surface area contributed by atoms with Gasteiger partial charge in [0.2, 0.25) is 0 Å². The van der Waals surface area contributed by atoms with E-state index in [1.54, 1.807) is 41.5 Å². The third kappa shape index (κ3) is 13.5. The summed E-state index contributed by atoms with van der Waals surface area (Å²) in [5.41, 5.74) is 0.539. The van der Waals surface area contributed by atoms with Crippen LogP contribution in [-0.4, -0.2) is 71.0 Å². The molecule has 0 spiro atoms. The third-order valence-corrected chi connectivity index (χ3v) is 5.64. The Labute approximate surface area is 232 Å². The highest BCUT2D eigenvalue weighted by atomic mass is 16.6. The first-order chi connectivity index (χ1) is 18.2. The summed E-state index contributed by atoms with van der Waals surface area (Å²) in [4.78, 5) is 24.9. The Morgan fingerprint density at radius 1 is 0.667 bits per heavy atom. The molecule has 2 amide bonds. The van der Waals surface area contributed by atoms with Gasteiger partial charge in [-0.3, -0.25) is 0 Å². The zero-order chi connectivity index (χ0) is 29.1. The Kier molecular flexibility index (Phi) is 12.2. The van der Waals surface area contributed by atoms with E-state index >= 15 is 0 Å². The Balaban J connectivity index is 2.03. The molecule has 0 fully saturated rings. The highest BCUT2D eigenvalue weighted by Gasteiger charge is 2.27. The number of aliphatic hydroxyl groups is 2. The maximum absolute atomic E-state index is 12.5. The van der Waals surface area contributed by atoms with E-state index in [1.807, 2.05) is 60.7 Å². The summed E-state index contributed by atoms with van der Waals surface area (Å²) >= 11 is 0. The van der Waals surface area contributed by atoms with Crippen LogP contribution in [-0.2, 0) is 22.3 Å². The maximum Gasteiger partial charge on any atom is 0.407 e. The molecule has 0 aliphatic heterocycles. The summed E-state index contributed by atoms with van der Waals surface area (Å²) in [6, 6.07) is 17.8. The van der Waals surface area contributed by atoms with Crippen molar-refractivity contribution in [3.63, 3.8) is 0 Å². The van der Waals surface area contributed by atoms with Crippen LogP contribution in [0.5, 0.6) is 0 Å². The minimum absolute atomic E-state index is 0.0921. The molecule has 2 aromatic carbocycles. The number of alkyl carbamates (subject to hydrolysis) is 2. The fourth-order valence-corrected chi connectivity index (χ4v) is 3.88. The van der Waals surface area contributed by atoms with Gasteiger partial charge < -0.3 is 35.6 Å². The van der Waals surface area contributed by atoms with Crippen molar-refractivity contribution in [2.24, 2.45) is 0 Å². The largest absolute Gasteiger partial charge is 0.444 e. The summed E-state index contributed by atoms with van der Waals surface area (Å²) in [6.45, 7) is 10.8. The van der Waals surface area contributed by atoms with Crippen LogP contribution in [0.1, 0.15) is 52.7 Å². The molecule has 0 saturated heterocycles. The molecule has 0 bridgehead atoms. The normalized spacial score (nSPS) is 15.0. The molecule has 0 unspecified atom stereocenters. The van der Waals surface area contributed by atoms with Gasteiger partial charge in [-0.05, 0) is 65.5 Å². The van der Waals surface area contributed by atoms with Crippen LogP contribution in [0, 0.1) is 0 Å². The minimum atomic E-state index is -0.976. The molecular formula is C30H45N3O6. The average molecular weight is 544 g/mol. The third-order valence-electron chi connectivity index (χ3n) is 5.64. The molecule has 5 N–H and O–H groups in total. The second kappa shape index (κ2) is 14.9. The van der Waals surface area contributed by atoms with E-state index in [0.29, 0.717) is 12.8 Å². The van der Waals surface area contributed by atoms with Crippen molar-refractivity contribution < 1.29 is 29.3 Å². The molecule has 9 heteroatoms. The monoisotopic (exact) mass is 543 g/mol. The van der Waals surface area contributed by atoms with E-state index in [0.717, 1.165) is 11.1 Å². The van der Waals surface area contributed by atoms with Crippen molar-refractivity contribution in [2.45, 2.75) is 89.9 Å². The van der Waals surface area contributed by atoms with E-state index < -0.39 is 47.7 Å². The van der Waals surface area contributed by atoms with Crippen molar-refractivity contribution >= 4 is 12.2 Å². The molecule has 0 aromatic heterocycles. The van der Waals surface area contributed by atoms with Gasteiger partial charge in [-0.15, -0.1) is 0 Å². The van der Waals surface area contributed by atoms with Crippen LogP contribution in [0.2, 0.25) is 0 Å². The van der Waals surface area contributed by atoms with Crippen LogP contribution >= 0.6 is 0 Å². The predicted octanol–water partition coefficient (Wildman–Crippen LogP) is 3.57. The van der Waals surface area contributed by atoms with E-state index in [4.69, 9.17) is 9.47 Å². The minimum Gasteiger partial charge on any atom is -0.444 e. The molecule has 0 aliphatic carbocycles. The Hall–Kier alpha value is -3.14. The number of amides is 2. The van der Waals surface area contributed by atoms with Crippen LogP contribution in [0.3, 0.4) is 0 Å². The quantitative estimate of drug-likeness (QED) is 0.277. The summed E-state index contributed by atoms with van der Waals surface area (Å²) < 4.78 is 10.8. The fourth-order valence-electron chi connectivity index (χ4n) is 3.88. The van der Waals surface area contributed by atoms with Crippen molar-refractivity contribution in [1.82, 2.24) is 16.0 Å². The number of nitrogens with one attached hydrogen (secondary N) is 3. The molecule has 2 rings (SSSR count). The zero-order valence-electron chi connectivity index (χ0n) is 23.9. The van der Waals surface area contributed by atoms with Gasteiger partial charge in [0, 0.05) is 13.1 Å². The summed E-state index contributed by atoms with van der Waals surface area (Å²) in [6.07, 6.45) is -2.41. The molecule has 39 heavy (non-hydrogen) atoms. The van der Waals surface area contributed by atoms with Gasteiger partial charge in [-0.25, -0.2) is 9.59 Å². The Morgan fingerprint density at radius 3 is 1.31 bits per heavy atom. The predicted molar refractivity (Wildman–Crippen MR) is 151 cm³/mol. The molecule has 0 aliphatic rings. The van der Waals surface area contributed by atoms with Gasteiger partial charge in [-0.1, -0.05) is 60.7 Å². The smallest absolute Gasteiger partial charge is 0.407 e. The Bertz CT molecular complexity index is 923. The number of hydrogen-bond acceptors (Lipinski definition) is 7. The van der Waals surface area contributed by atoms with E-state index in [1.165, 1.54) is 0 Å². The lowest BCUT2D eigenvalue weighted by Crippen LogP contribution is -2.53. The number of aliphatic hydroxyl groups excluding tert-OH is 2. The first-order valence-corrected chi connectivity index (χ1v) is 13.4. The standard InChI is InChI=1S/C30H45N3O6/c1-29(2,3)38-27(36)32-23(17-21-13-9-7-10-14-21)25(34)19-31-20-26(35)24(18-22-15-11-8-12-16-22)33-28(37)39-30(4,5)6/h7-16,23-26,31,34-35H,17-20H2,1-6H3,(H,32,36)(H,33,37)/t23-,24-,25-,26-/m0/s1. The van der Waals surface area contributed by atoms with E-state index in [9.17, 15) is 19.8 Å². The van der Waals surface area contributed by atoms with Gasteiger partial charge in [0.1, 0.15) is 11.2 Å². The van der Waals surface area contributed by atoms with Gasteiger partial charge in [0.25, 0.3) is 0 Å². The molecule has 0 heterocycles. The van der Waals surface area contributed by atoms with Gasteiger partial charge in [-0.2, -0.15) is 0 Å². The topological polar surface area (TPSA) is 129 Å². The number of hydrogen-bond donors (Lipinski definition) is 5. The number of ether oxygens (including phenoxy) is 2. The number of benzene rings is 2. The molecule has 216 valence electrons. The van der Waals surface area contributed by atoms with Crippen molar-refractivity contribution in [1.29, 1.82) is 0 Å². The lowest BCUT2D eigenvalue weighted by Gasteiger charge is -2.29. The fraction of sp³-hybridized carbons (Fsp3) is 0.533. The highest BCUT2D eigenvalue weighted by Crippen LogP contribution is 2.12. The summed E-state index contributed by atoms with van der Waals surface area (Å²) in [5.74, 6) is 0. The van der Waals surface area contributed by atoms with Gasteiger partial charge >= 0.3 is 12.2 Å². The molecule has 2 aromatic rings. The van der Waals surface area contributed by atoms with Gasteiger partial charge in [0.15, 0.2) is 0 Å².